The van der Waals surface area contributed by atoms with E-state index in [1.165, 1.54) is 12.5 Å². The topological polar surface area (TPSA) is 92.7 Å². The lowest BCUT2D eigenvalue weighted by Crippen LogP contribution is -2.66. The quantitative estimate of drug-likeness (QED) is 0.246. The summed E-state index contributed by atoms with van der Waals surface area (Å²) in [4.78, 5) is 39.0. The van der Waals surface area contributed by atoms with E-state index >= 15 is 0 Å². The standard InChI is InChI=1S/C32H49NO5/c1-19(34)38-24-10-11-30(6)23(27(24,2)3)9-12-32(8)25(30)22(35)17-20-21-18-29(5,26(36)33-37)14-13-28(21,4)15-16-31(20,32)7/h17,21,23-25,37H,9-16,18H2,1-8H3,(H,33,36)/t21-,23-,24-,25+,28+,29-,30-,31+,32+/m0/s1. The highest BCUT2D eigenvalue weighted by atomic mass is 16.5. The van der Waals surface area contributed by atoms with Crippen molar-refractivity contribution in [1.29, 1.82) is 0 Å². The van der Waals surface area contributed by atoms with Gasteiger partial charge in [-0.1, -0.05) is 54.0 Å². The van der Waals surface area contributed by atoms with Crippen molar-refractivity contribution in [2.45, 2.75) is 119 Å². The third-order valence-corrected chi connectivity index (χ3v) is 13.5. The van der Waals surface area contributed by atoms with Gasteiger partial charge in [0.2, 0.25) is 5.91 Å². The van der Waals surface area contributed by atoms with Gasteiger partial charge in [0.25, 0.3) is 0 Å². The molecule has 0 radical (unpaired) electrons. The molecule has 5 aliphatic carbocycles. The highest BCUT2D eigenvalue weighted by molar-refractivity contribution is 5.95. The van der Waals surface area contributed by atoms with Crippen LogP contribution in [0.25, 0.3) is 0 Å². The van der Waals surface area contributed by atoms with Crippen molar-refractivity contribution in [2.75, 3.05) is 0 Å². The van der Waals surface area contributed by atoms with Crippen molar-refractivity contribution in [2.24, 2.45) is 50.2 Å². The zero-order chi connectivity index (χ0) is 28.1. The fraction of sp³-hybridized carbons (Fsp3) is 0.844. The number of hydrogen-bond donors (Lipinski definition) is 2. The SMILES string of the molecule is CC(=O)O[C@H]1CC[C@]2(C)[C@H]3C(=O)C=C4[C@@H]5C[C@@](C)(C(=O)NO)CC[C@]5(C)CC[C@@]4(C)[C@]3(C)CC[C@H]2C1(C)C. The molecule has 0 aromatic rings. The molecule has 4 saturated carbocycles. The molecule has 1 amide bonds. The number of amides is 1. The summed E-state index contributed by atoms with van der Waals surface area (Å²) in [5.41, 5.74) is 1.98. The van der Waals surface area contributed by atoms with Crippen LogP contribution in [0.15, 0.2) is 11.6 Å². The number of nitrogens with one attached hydrogen (secondary N) is 1. The number of rotatable bonds is 2. The average molecular weight is 528 g/mol. The third-order valence-electron chi connectivity index (χ3n) is 13.5. The largest absolute Gasteiger partial charge is 0.462 e. The first-order valence-corrected chi connectivity index (χ1v) is 14.9. The fourth-order valence-electron chi connectivity index (χ4n) is 10.9. The van der Waals surface area contributed by atoms with Crippen LogP contribution in [0.1, 0.15) is 113 Å². The number of ether oxygens (including phenoxy) is 1. The van der Waals surface area contributed by atoms with Crippen molar-refractivity contribution in [3.05, 3.63) is 11.6 Å². The molecular weight excluding hydrogens is 478 g/mol. The highest BCUT2D eigenvalue weighted by Crippen LogP contribution is 2.75. The van der Waals surface area contributed by atoms with Gasteiger partial charge >= 0.3 is 5.97 Å². The minimum absolute atomic E-state index is 0.0647. The van der Waals surface area contributed by atoms with Crippen LogP contribution in [-0.4, -0.2) is 29.0 Å². The van der Waals surface area contributed by atoms with Gasteiger partial charge in [-0.2, -0.15) is 0 Å². The minimum atomic E-state index is -0.637. The summed E-state index contributed by atoms with van der Waals surface area (Å²) in [7, 11) is 0. The highest BCUT2D eigenvalue weighted by Gasteiger charge is 2.70. The molecule has 0 bridgehead atoms. The average Bonchev–Trinajstić information content (AvgIpc) is 2.82. The summed E-state index contributed by atoms with van der Waals surface area (Å²) in [5.74, 6) is 0.117. The summed E-state index contributed by atoms with van der Waals surface area (Å²) in [6.07, 6.45) is 10.1. The van der Waals surface area contributed by atoms with E-state index in [4.69, 9.17) is 4.74 Å². The molecule has 2 N–H and O–H groups in total. The van der Waals surface area contributed by atoms with E-state index in [2.05, 4.69) is 41.5 Å². The van der Waals surface area contributed by atoms with Crippen molar-refractivity contribution in [1.82, 2.24) is 5.48 Å². The second kappa shape index (κ2) is 8.41. The number of esters is 1. The van der Waals surface area contributed by atoms with Gasteiger partial charge in [0, 0.05) is 23.7 Å². The molecule has 5 rings (SSSR count). The summed E-state index contributed by atoms with van der Waals surface area (Å²) in [5, 5.41) is 9.48. The Bertz CT molecular complexity index is 1100. The van der Waals surface area contributed by atoms with Gasteiger partial charge in [-0.25, -0.2) is 5.48 Å². The molecule has 9 atom stereocenters. The van der Waals surface area contributed by atoms with Crippen LogP contribution in [0.5, 0.6) is 0 Å². The molecule has 6 heteroatoms. The molecule has 6 nitrogen and oxygen atoms in total. The lowest BCUT2D eigenvalue weighted by atomic mass is 9.33. The van der Waals surface area contributed by atoms with Gasteiger partial charge in [0.05, 0.1) is 0 Å². The number of fused-ring (bicyclic) bond motifs is 7. The van der Waals surface area contributed by atoms with Gasteiger partial charge in [-0.15, -0.1) is 0 Å². The predicted octanol–water partition coefficient (Wildman–Crippen LogP) is 6.40. The molecular formula is C32H49NO5. The van der Waals surface area contributed by atoms with Gasteiger partial charge in [0.15, 0.2) is 5.78 Å². The fourth-order valence-corrected chi connectivity index (χ4v) is 10.9. The Kier molecular flexibility index (Phi) is 6.16. The Morgan fingerprint density at radius 3 is 2.24 bits per heavy atom. The van der Waals surface area contributed by atoms with Gasteiger partial charge in [-0.05, 0) is 97.4 Å². The van der Waals surface area contributed by atoms with E-state index in [9.17, 15) is 19.6 Å². The molecule has 0 heterocycles. The van der Waals surface area contributed by atoms with Crippen molar-refractivity contribution < 1.29 is 24.3 Å². The molecule has 5 aliphatic rings. The maximum absolute atomic E-state index is 14.4. The first-order chi connectivity index (χ1) is 17.5. The Morgan fingerprint density at radius 2 is 1.61 bits per heavy atom. The number of carbonyl (C=O) groups excluding carboxylic acids is 3. The van der Waals surface area contributed by atoms with Gasteiger partial charge in [0.1, 0.15) is 6.10 Å². The number of ketones is 1. The molecule has 212 valence electrons. The lowest BCUT2D eigenvalue weighted by Gasteiger charge is -2.70. The Hall–Kier alpha value is -1.69. The number of hydrogen-bond acceptors (Lipinski definition) is 5. The monoisotopic (exact) mass is 527 g/mol. The van der Waals surface area contributed by atoms with Crippen molar-refractivity contribution in [3.8, 4) is 0 Å². The molecule has 0 aromatic heterocycles. The van der Waals surface area contributed by atoms with Crippen LogP contribution in [0.2, 0.25) is 0 Å². The van der Waals surface area contributed by atoms with E-state index in [0.29, 0.717) is 12.3 Å². The van der Waals surface area contributed by atoms with Crippen molar-refractivity contribution in [3.63, 3.8) is 0 Å². The first-order valence-electron chi connectivity index (χ1n) is 14.9. The molecule has 4 fully saturated rings. The maximum atomic E-state index is 14.4. The van der Waals surface area contributed by atoms with Gasteiger partial charge in [-0.3, -0.25) is 19.6 Å². The second-order valence-electron chi connectivity index (χ2n) is 15.7. The normalized spacial score (nSPS) is 49.4. The summed E-state index contributed by atoms with van der Waals surface area (Å²) < 4.78 is 5.83. The van der Waals surface area contributed by atoms with Crippen LogP contribution < -0.4 is 5.48 Å². The first kappa shape index (κ1) is 27.9. The van der Waals surface area contributed by atoms with Crippen LogP contribution in [0, 0.1) is 50.2 Å². The van der Waals surface area contributed by atoms with E-state index in [0.717, 1.165) is 51.4 Å². The summed E-state index contributed by atoms with van der Waals surface area (Å²) >= 11 is 0. The van der Waals surface area contributed by atoms with Crippen LogP contribution in [-0.2, 0) is 19.1 Å². The Morgan fingerprint density at radius 1 is 0.947 bits per heavy atom. The summed E-state index contributed by atoms with van der Waals surface area (Å²) in [6.45, 7) is 17.4. The van der Waals surface area contributed by atoms with Crippen LogP contribution in [0.3, 0.4) is 0 Å². The Balaban J connectivity index is 1.57. The molecule has 0 aliphatic heterocycles. The van der Waals surface area contributed by atoms with Crippen LogP contribution in [0.4, 0.5) is 0 Å². The molecule has 0 saturated heterocycles. The van der Waals surface area contributed by atoms with Crippen LogP contribution >= 0.6 is 0 Å². The third kappa shape index (κ3) is 3.50. The van der Waals surface area contributed by atoms with E-state index in [1.807, 2.05) is 18.5 Å². The van der Waals surface area contributed by atoms with E-state index in [-0.39, 0.29) is 62.7 Å². The Labute approximate surface area is 228 Å². The van der Waals surface area contributed by atoms with E-state index < -0.39 is 5.41 Å². The lowest BCUT2D eigenvalue weighted by molar-refractivity contribution is -0.210. The number of allylic oxidation sites excluding steroid dienone is 2. The minimum Gasteiger partial charge on any atom is -0.462 e. The number of hydroxylamine groups is 1. The van der Waals surface area contributed by atoms with Gasteiger partial charge < -0.3 is 4.74 Å². The zero-order valence-electron chi connectivity index (χ0n) is 24.8. The zero-order valence-corrected chi connectivity index (χ0v) is 24.8. The van der Waals surface area contributed by atoms with Crippen molar-refractivity contribution >= 4 is 17.7 Å². The maximum Gasteiger partial charge on any atom is 0.302 e. The van der Waals surface area contributed by atoms with E-state index in [1.54, 1.807) is 0 Å². The second-order valence-corrected chi connectivity index (χ2v) is 15.7. The predicted molar refractivity (Wildman–Crippen MR) is 145 cm³/mol. The smallest absolute Gasteiger partial charge is 0.302 e. The molecule has 0 spiro atoms. The number of carbonyl (C=O) groups is 3. The molecule has 0 aromatic carbocycles. The summed E-state index contributed by atoms with van der Waals surface area (Å²) in [6, 6.07) is 0. The molecule has 38 heavy (non-hydrogen) atoms. The molecule has 0 unspecified atom stereocenters.